The second-order valence-corrected chi connectivity index (χ2v) is 10.3. The third-order valence-electron chi connectivity index (χ3n) is 7.59. The molecule has 4 heterocycles. The van der Waals surface area contributed by atoms with Gasteiger partial charge in [0.2, 0.25) is 5.91 Å². The zero-order valence-corrected chi connectivity index (χ0v) is 20.3. The number of fused-ring (bicyclic) bond motifs is 3. The largest absolute Gasteiger partial charge is 0.352 e. The van der Waals surface area contributed by atoms with Gasteiger partial charge in [-0.05, 0) is 23.6 Å². The van der Waals surface area contributed by atoms with Crippen LogP contribution in [0.25, 0.3) is 0 Å². The molecule has 1 amide bonds. The Morgan fingerprint density at radius 2 is 1.94 bits per heavy atom. The van der Waals surface area contributed by atoms with Crippen molar-refractivity contribution >= 4 is 5.91 Å². The average Bonchev–Trinajstić information content (AvgIpc) is 3.30. The summed E-state index contributed by atoms with van der Waals surface area (Å²) >= 11 is 0. The Balaban J connectivity index is 1.11. The molecule has 3 aliphatic rings. The first-order chi connectivity index (χ1) is 17.0. The minimum absolute atomic E-state index is 0.0528. The van der Waals surface area contributed by atoms with Crippen molar-refractivity contribution in [3.63, 3.8) is 0 Å². The maximum Gasteiger partial charge on any atom is 0.229 e. The van der Waals surface area contributed by atoms with Crippen LogP contribution in [0.3, 0.4) is 0 Å². The maximum absolute atomic E-state index is 13.1. The number of carbonyl (C=O) groups excluding carboxylic acids is 1. The summed E-state index contributed by atoms with van der Waals surface area (Å²) in [7, 11) is 2.18. The predicted molar refractivity (Wildman–Crippen MR) is 130 cm³/mol. The van der Waals surface area contributed by atoms with Gasteiger partial charge in [0.25, 0.3) is 0 Å². The van der Waals surface area contributed by atoms with Crippen LogP contribution >= 0.6 is 0 Å². The first-order valence-corrected chi connectivity index (χ1v) is 12.6. The number of quaternary nitrogens is 2. The number of halogens is 1. The van der Waals surface area contributed by atoms with Gasteiger partial charge in [0, 0.05) is 24.9 Å². The number of hydrogen-bond donors (Lipinski definition) is 3. The Morgan fingerprint density at radius 1 is 1.14 bits per heavy atom. The maximum atomic E-state index is 13.1. The van der Waals surface area contributed by atoms with Gasteiger partial charge in [-0.1, -0.05) is 47.7 Å². The summed E-state index contributed by atoms with van der Waals surface area (Å²) in [4.78, 5) is 15.8. The Kier molecular flexibility index (Phi) is 7.20. The van der Waals surface area contributed by atoms with Gasteiger partial charge in [-0.3, -0.25) is 4.79 Å². The SMILES string of the molecule is C[NH+](Cc1ccccc1)Cc1cn(C[C@H]2C[C@@H]3CC[NH+]2C[C@@H]3C(=O)NCc2ccc(F)cc2)nn1. The summed E-state index contributed by atoms with van der Waals surface area (Å²) in [6.07, 6.45) is 4.22. The van der Waals surface area contributed by atoms with E-state index in [-0.39, 0.29) is 17.6 Å². The molecule has 3 N–H and O–H groups in total. The third kappa shape index (κ3) is 5.94. The molecule has 6 rings (SSSR count). The van der Waals surface area contributed by atoms with Gasteiger partial charge in [-0.25, -0.2) is 9.07 Å². The molecule has 2 bridgehead atoms. The number of hydrogen-bond acceptors (Lipinski definition) is 3. The van der Waals surface area contributed by atoms with Gasteiger partial charge >= 0.3 is 0 Å². The van der Waals surface area contributed by atoms with Crippen LogP contribution in [0.5, 0.6) is 0 Å². The van der Waals surface area contributed by atoms with Crippen molar-refractivity contribution < 1.29 is 19.0 Å². The van der Waals surface area contributed by atoms with E-state index in [1.807, 2.05) is 10.7 Å². The highest BCUT2D eigenvalue weighted by Gasteiger charge is 2.46. The highest BCUT2D eigenvalue weighted by molar-refractivity contribution is 5.79. The van der Waals surface area contributed by atoms with E-state index in [1.165, 1.54) is 27.5 Å². The summed E-state index contributed by atoms with van der Waals surface area (Å²) in [6, 6.07) is 17.3. The number of carbonyl (C=O) groups is 1. The van der Waals surface area contributed by atoms with E-state index in [2.05, 4.69) is 53.1 Å². The van der Waals surface area contributed by atoms with Crippen LogP contribution in [0.15, 0.2) is 60.8 Å². The molecule has 2 unspecified atom stereocenters. The molecule has 0 radical (unpaired) electrons. The fourth-order valence-electron chi connectivity index (χ4n) is 5.79. The fourth-order valence-corrected chi connectivity index (χ4v) is 5.79. The lowest BCUT2D eigenvalue weighted by Crippen LogP contribution is -3.20. The molecule has 5 atom stereocenters. The van der Waals surface area contributed by atoms with Crippen LogP contribution in [0.2, 0.25) is 0 Å². The molecule has 0 spiro atoms. The van der Waals surface area contributed by atoms with Gasteiger partial charge in [-0.2, -0.15) is 0 Å². The zero-order valence-electron chi connectivity index (χ0n) is 20.3. The van der Waals surface area contributed by atoms with E-state index < -0.39 is 0 Å². The van der Waals surface area contributed by atoms with Crippen molar-refractivity contribution in [1.82, 2.24) is 20.3 Å². The summed E-state index contributed by atoms with van der Waals surface area (Å²) in [6.45, 7) is 5.08. The van der Waals surface area contributed by atoms with Gasteiger partial charge in [-0.15, -0.1) is 5.10 Å². The van der Waals surface area contributed by atoms with E-state index >= 15 is 0 Å². The highest BCUT2D eigenvalue weighted by atomic mass is 19.1. The van der Waals surface area contributed by atoms with Crippen LogP contribution in [0.4, 0.5) is 4.39 Å². The lowest BCUT2D eigenvalue weighted by atomic mass is 9.75. The Morgan fingerprint density at radius 3 is 2.69 bits per heavy atom. The minimum atomic E-state index is -0.257. The molecule has 3 fully saturated rings. The lowest BCUT2D eigenvalue weighted by molar-refractivity contribution is -0.945. The van der Waals surface area contributed by atoms with Crippen molar-refractivity contribution in [2.45, 2.75) is 45.1 Å². The van der Waals surface area contributed by atoms with E-state index in [4.69, 9.17) is 0 Å². The summed E-state index contributed by atoms with van der Waals surface area (Å²) in [5.41, 5.74) is 3.26. The first-order valence-electron chi connectivity index (χ1n) is 12.6. The summed E-state index contributed by atoms with van der Waals surface area (Å²) in [5.74, 6) is 0.335. The molecule has 1 aromatic heterocycles. The molecule has 0 aliphatic carbocycles. The number of nitrogens with one attached hydrogen (secondary N) is 3. The van der Waals surface area contributed by atoms with Crippen LogP contribution in [-0.2, 0) is 31.0 Å². The smallest absolute Gasteiger partial charge is 0.229 e. The molecule has 3 aromatic rings. The molecule has 0 saturated carbocycles. The van der Waals surface area contributed by atoms with Gasteiger partial charge in [0.1, 0.15) is 30.6 Å². The highest BCUT2D eigenvalue weighted by Crippen LogP contribution is 2.27. The predicted octanol–water partition coefficient (Wildman–Crippen LogP) is 0.242. The van der Waals surface area contributed by atoms with E-state index in [0.29, 0.717) is 18.5 Å². The molecule has 3 saturated heterocycles. The topological polar surface area (TPSA) is 68.7 Å². The van der Waals surface area contributed by atoms with E-state index in [9.17, 15) is 9.18 Å². The second kappa shape index (κ2) is 10.7. The Labute approximate surface area is 205 Å². The normalized spacial score (nSPS) is 24.3. The van der Waals surface area contributed by atoms with Crippen LogP contribution < -0.4 is 15.1 Å². The number of amides is 1. The van der Waals surface area contributed by atoms with Gasteiger partial charge in [0.15, 0.2) is 0 Å². The van der Waals surface area contributed by atoms with E-state index in [0.717, 1.165) is 56.8 Å². The summed E-state index contributed by atoms with van der Waals surface area (Å²) in [5, 5.41) is 11.9. The molecule has 2 aromatic carbocycles. The monoisotopic (exact) mass is 478 g/mol. The Hall–Kier alpha value is -3.10. The second-order valence-electron chi connectivity index (χ2n) is 10.3. The number of nitrogens with zero attached hydrogens (tertiary/aromatic N) is 3. The van der Waals surface area contributed by atoms with Crippen molar-refractivity contribution in [1.29, 1.82) is 0 Å². The van der Waals surface area contributed by atoms with Crippen LogP contribution in [-0.4, -0.2) is 47.1 Å². The van der Waals surface area contributed by atoms with Crippen molar-refractivity contribution in [3.8, 4) is 0 Å². The van der Waals surface area contributed by atoms with Crippen molar-refractivity contribution in [2.75, 3.05) is 20.1 Å². The van der Waals surface area contributed by atoms with Gasteiger partial charge < -0.3 is 15.1 Å². The standard InChI is InChI=1S/C27H33FN6O/c1-32(15-21-5-3-2-4-6-21)16-24-17-34(31-30-24)18-25-13-22-11-12-33(25)19-26(22)27(35)29-14-20-7-9-23(28)10-8-20/h2-10,17,22,25-26H,11-16,18-19H2,1H3,(H,29,35)/p+2/t22-,25+,26-/m0/s1. The number of rotatable bonds is 9. The molecular formula is C27H35FN6O+2. The Bertz CT molecular complexity index is 1120. The van der Waals surface area contributed by atoms with Gasteiger partial charge in [0.05, 0.1) is 38.8 Å². The molecule has 7 nitrogen and oxygen atoms in total. The van der Waals surface area contributed by atoms with Crippen molar-refractivity contribution in [3.05, 3.63) is 83.4 Å². The first kappa shape index (κ1) is 23.6. The molecular weight excluding hydrogens is 443 g/mol. The van der Waals surface area contributed by atoms with Crippen molar-refractivity contribution in [2.24, 2.45) is 11.8 Å². The number of aromatic nitrogens is 3. The van der Waals surface area contributed by atoms with Crippen LogP contribution in [0.1, 0.15) is 29.7 Å². The minimum Gasteiger partial charge on any atom is -0.352 e. The zero-order chi connectivity index (χ0) is 24.2. The fraction of sp³-hybridized carbons (Fsp3) is 0.444. The summed E-state index contributed by atoms with van der Waals surface area (Å²) < 4.78 is 15.1. The molecule has 35 heavy (non-hydrogen) atoms. The lowest BCUT2D eigenvalue weighted by Gasteiger charge is -2.46. The number of piperidine rings is 3. The van der Waals surface area contributed by atoms with E-state index in [1.54, 1.807) is 12.1 Å². The number of benzene rings is 2. The molecule has 8 heteroatoms. The molecule has 3 aliphatic heterocycles. The van der Waals surface area contributed by atoms with Crippen LogP contribution in [0, 0.1) is 17.7 Å². The molecule has 184 valence electrons. The quantitative estimate of drug-likeness (QED) is 0.413. The third-order valence-corrected chi connectivity index (χ3v) is 7.59. The average molecular weight is 479 g/mol.